The van der Waals surface area contributed by atoms with Crippen LogP contribution in [0.4, 0.5) is 0 Å². The van der Waals surface area contributed by atoms with Crippen LogP contribution in [-0.4, -0.2) is 22.4 Å². The lowest BCUT2D eigenvalue weighted by molar-refractivity contribution is -0.102. The van der Waals surface area contributed by atoms with Crippen LogP contribution >= 0.6 is 0 Å². The molecule has 0 spiro atoms. The molecular formula is C31H62O2. The molecule has 4 unspecified atom stereocenters. The molecule has 198 valence electrons. The molecule has 2 aliphatic rings. The first-order valence-corrected chi connectivity index (χ1v) is 14.1. The van der Waals surface area contributed by atoms with E-state index in [1.54, 1.807) is 0 Å². The molecule has 2 heteroatoms. The van der Waals surface area contributed by atoms with Gasteiger partial charge in [0.2, 0.25) is 0 Å². The summed E-state index contributed by atoms with van der Waals surface area (Å²) in [5.41, 5.74) is 0.525. The molecule has 2 aliphatic carbocycles. The predicted molar refractivity (Wildman–Crippen MR) is 145 cm³/mol. The normalized spacial score (nSPS) is 36.7. The maximum Gasteiger partial charge on any atom is 0.0606 e. The lowest BCUT2D eigenvalue weighted by atomic mass is 9.55. The Morgan fingerprint density at radius 1 is 0.455 bits per heavy atom. The fraction of sp³-hybridized carbons (Fsp3) is 1.00. The molecule has 0 saturated heterocycles. The number of aliphatic hydroxyl groups is 2. The van der Waals surface area contributed by atoms with E-state index in [4.69, 9.17) is 0 Å². The van der Waals surface area contributed by atoms with Crippen molar-refractivity contribution in [3.8, 4) is 0 Å². The summed E-state index contributed by atoms with van der Waals surface area (Å²) < 4.78 is 0. The molecular weight excluding hydrogens is 404 g/mol. The zero-order valence-electron chi connectivity index (χ0n) is 25.0. The van der Waals surface area contributed by atoms with Gasteiger partial charge in [0.15, 0.2) is 0 Å². The SMILES string of the molecule is CC.CC(C)(C)C1CC(CC2CC(C(C)(C)C)C(O)C(C(C)(C)C)C2)CC(C(C)(C)C)C1O. The van der Waals surface area contributed by atoms with E-state index in [0.717, 1.165) is 25.7 Å². The maximum atomic E-state index is 11.3. The van der Waals surface area contributed by atoms with Gasteiger partial charge in [0.1, 0.15) is 0 Å². The summed E-state index contributed by atoms with van der Waals surface area (Å²) in [6.45, 7) is 31.7. The highest BCUT2D eigenvalue weighted by molar-refractivity contribution is 4.99. The third-order valence-corrected chi connectivity index (χ3v) is 9.11. The number of aliphatic hydroxyl groups excluding tert-OH is 2. The summed E-state index contributed by atoms with van der Waals surface area (Å²) in [4.78, 5) is 0. The van der Waals surface area contributed by atoms with E-state index in [1.165, 1.54) is 6.42 Å². The maximum absolute atomic E-state index is 11.3. The van der Waals surface area contributed by atoms with Crippen molar-refractivity contribution in [1.82, 2.24) is 0 Å². The van der Waals surface area contributed by atoms with E-state index in [9.17, 15) is 10.2 Å². The Hall–Kier alpha value is -0.0800. The van der Waals surface area contributed by atoms with E-state index < -0.39 is 0 Å². The van der Waals surface area contributed by atoms with Crippen LogP contribution in [0.5, 0.6) is 0 Å². The highest BCUT2D eigenvalue weighted by Crippen LogP contribution is 2.53. The van der Waals surface area contributed by atoms with Crippen molar-refractivity contribution in [3.05, 3.63) is 0 Å². The van der Waals surface area contributed by atoms with Crippen molar-refractivity contribution in [2.45, 2.75) is 141 Å². The van der Waals surface area contributed by atoms with E-state index in [-0.39, 0.29) is 33.9 Å². The highest BCUT2D eigenvalue weighted by atomic mass is 16.3. The van der Waals surface area contributed by atoms with E-state index in [2.05, 4.69) is 83.1 Å². The molecule has 0 aromatic heterocycles. The van der Waals surface area contributed by atoms with Crippen molar-refractivity contribution in [2.75, 3.05) is 0 Å². The minimum atomic E-state index is -0.200. The molecule has 0 amide bonds. The monoisotopic (exact) mass is 466 g/mol. The van der Waals surface area contributed by atoms with Crippen LogP contribution in [-0.2, 0) is 0 Å². The summed E-state index contributed by atoms with van der Waals surface area (Å²) in [5, 5.41) is 22.6. The van der Waals surface area contributed by atoms with Crippen LogP contribution in [0, 0.1) is 57.2 Å². The largest absolute Gasteiger partial charge is 0.393 e. The quantitative estimate of drug-likeness (QED) is 0.427. The lowest BCUT2D eigenvalue weighted by Crippen LogP contribution is -2.49. The first kappa shape index (κ1) is 31.0. The van der Waals surface area contributed by atoms with E-state index in [1.807, 2.05) is 13.8 Å². The summed E-state index contributed by atoms with van der Waals surface area (Å²) in [5.74, 6) is 2.81. The van der Waals surface area contributed by atoms with Crippen LogP contribution in [0.2, 0.25) is 0 Å². The molecule has 2 rings (SSSR count). The minimum Gasteiger partial charge on any atom is -0.393 e. The van der Waals surface area contributed by atoms with Crippen LogP contribution in [0.3, 0.4) is 0 Å². The van der Waals surface area contributed by atoms with Gasteiger partial charge < -0.3 is 10.2 Å². The Kier molecular flexibility index (Phi) is 10.2. The molecule has 2 fully saturated rings. The average Bonchev–Trinajstić information content (AvgIpc) is 2.62. The summed E-state index contributed by atoms with van der Waals surface area (Å²) in [7, 11) is 0. The van der Waals surface area contributed by atoms with Gasteiger partial charge in [-0.2, -0.15) is 0 Å². The van der Waals surface area contributed by atoms with Gasteiger partial charge in [-0.25, -0.2) is 0 Å². The summed E-state index contributed by atoms with van der Waals surface area (Å²) in [6.07, 6.45) is 5.46. The van der Waals surface area contributed by atoms with Crippen molar-refractivity contribution >= 4 is 0 Å². The van der Waals surface area contributed by atoms with E-state index in [0.29, 0.717) is 35.5 Å². The van der Waals surface area contributed by atoms with Gasteiger partial charge in [0.05, 0.1) is 12.2 Å². The van der Waals surface area contributed by atoms with Crippen molar-refractivity contribution in [3.63, 3.8) is 0 Å². The van der Waals surface area contributed by atoms with Gasteiger partial charge in [-0.15, -0.1) is 0 Å². The Morgan fingerprint density at radius 3 is 0.788 bits per heavy atom. The molecule has 2 saturated carbocycles. The fourth-order valence-corrected chi connectivity index (χ4v) is 7.07. The first-order chi connectivity index (χ1) is 14.7. The highest BCUT2D eigenvalue weighted by Gasteiger charge is 2.49. The number of hydrogen-bond donors (Lipinski definition) is 2. The Labute approximate surface area is 208 Å². The van der Waals surface area contributed by atoms with Gasteiger partial charge >= 0.3 is 0 Å². The van der Waals surface area contributed by atoms with Gasteiger partial charge in [-0.05, 0) is 89.3 Å². The average molecular weight is 467 g/mol. The molecule has 33 heavy (non-hydrogen) atoms. The third-order valence-electron chi connectivity index (χ3n) is 9.11. The summed E-state index contributed by atoms with van der Waals surface area (Å²) in [6, 6.07) is 0. The molecule has 2 nitrogen and oxygen atoms in total. The van der Waals surface area contributed by atoms with Crippen LogP contribution < -0.4 is 0 Å². The standard InChI is InChI=1S/C29H56O2.C2H6/c1-26(2,3)20-14-18(15-21(24(20)30)27(4,5)6)13-19-16-22(28(7,8)9)25(31)23(17-19)29(10,11)12;1-2/h18-25,30-31H,13-17H2,1-12H3;1-2H3. The van der Waals surface area contributed by atoms with Crippen LogP contribution in [0.15, 0.2) is 0 Å². The van der Waals surface area contributed by atoms with Crippen LogP contribution in [0.1, 0.15) is 129 Å². The zero-order chi connectivity index (χ0) is 26.2. The topological polar surface area (TPSA) is 40.5 Å². The number of hydrogen-bond acceptors (Lipinski definition) is 2. The molecule has 0 heterocycles. The first-order valence-electron chi connectivity index (χ1n) is 14.1. The molecule has 0 aliphatic heterocycles. The smallest absolute Gasteiger partial charge is 0.0606 e. The predicted octanol–water partition coefficient (Wildman–Crippen LogP) is 8.59. The fourth-order valence-electron chi connectivity index (χ4n) is 7.07. The molecule has 0 aromatic carbocycles. The Bertz CT molecular complexity index is 480. The Balaban J connectivity index is 0.00000265. The van der Waals surface area contributed by atoms with Crippen LogP contribution in [0.25, 0.3) is 0 Å². The molecule has 0 aromatic rings. The number of rotatable bonds is 2. The van der Waals surface area contributed by atoms with Gasteiger partial charge in [0, 0.05) is 0 Å². The van der Waals surface area contributed by atoms with Crippen molar-refractivity contribution in [2.24, 2.45) is 57.2 Å². The summed E-state index contributed by atoms with van der Waals surface area (Å²) >= 11 is 0. The zero-order valence-corrected chi connectivity index (χ0v) is 25.0. The van der Waals surface area contributed by atoms with Gasteiger partial charge in [-0.3, -0.25) is 0 Å². The minimum absolute atomic E-state index is 0.131. The van der Waals surface area contributed by atoms with E-state index >= 15 is 0 Å². The molecule has 0 radical (unpaired) electrons. The van der Waals surface area contributed by atoms with Crippen molar-refractivity contribution < 1.29 is 10.2 Å². The molecule has 0 bridgehead atoms. The van der Waals surface area contributed by atoms with Crippen molar-refractivity contribution in [1.29, 1.82) is 0 Å². The lowest BCUT2D eigenvalue weighted by Gasteiger charge is -2.52. The molecule has 2 N–H and O–H groups in total. The second kappa shape index (κ2) is 10.9. The second-order valence-electron chi connectivity index (χ2n) is 15.8. The third kappa shape index (κ3) is 7.96. The Morgan fingerprint density at radius 2 is 0.636 bits per heavy atom. The van der Waals surface area contributed by atoms with Gasteiger partial charge in [0.25, 0.3) is 0 Å². The molecule has 4 atom stereocenters. The second-order valence-corrected chi connectivity index (χ2v) is 15.8. The van der Waals surface area contributed by atoms with Gasteiger partial charge in [-0.1, -0.05) is 96.9 Å².